The van der Waals surface area contributed by atoms with Crippen molar-refractivity contribution in [2.45, 2.75) is 0 Å². The van der Waals surface area contributed by atoms with Crippen LogP contribution in [0.3, 0.4) is 0 Å². The molecule has 1 heterocycles. The van der Waals surface area contributed by atoms with Crippen molar-refractivity contribution < 1.29 is 4.79 Å². The van der Waals surface area contributed by atoms with Gasteiger partial charge in [0.05, 0.1) is 11.6 Å². The van der Waals surface area contributed by atoms with Gasteiger partial charge in [0.25, 0.3) is 0 Å². The summed E-state index contributed by atoms with van der Waals surface area (Å²) in [4.78, 5) is 14.7. The lowest BCUT2D eigenvalue weighted by molar-refractivity contribution is 0.100. The highest BCUT2D eigenvalue weighted by Crippen LogP contribution is 2.19. The molecule has 0 fully saturated rings. The summed E-state index contributed by atoms with van der Waals surface area (Å²) < 4.78 is 0. The summed E-state index contributed by atoms with van der Waals surface area (Å²) in [6, 6.07) is 1.45. The van der Waals surface area contributed by atoms with Crippen LogP contribution in [0, 0.1) is 0 Å². The zero-order valence-electron chi connectivity index (χ0n) is 6.05. The van der Waals surface area contributed by atoms with E-state index in [4.69, 9.17) is 28.9 Å². The average molecular weight is 205 g/mol. The Bertz CT molecular complexity index is 314. The summed E-state index contributed by atoms with van der Waals surface area (Å²) in [6.07, 6.45) is 1.35. The molecular weight excluding hydrogens is 199 g/mol. The molecule has 1 rings (SSSR count). The van der Waals surface area contributed by atoms with Crippen LogP contribution in [0.4, 0.5) is 0 Å². The Morgan fingerprint density at radius 2 is 2.25 bits per heavy atom. The van der Waals surface area contributed by atoms with Crippen LogP contribution in [0.1, 0.15) is 10.4 Å². The molecule has 2 N–H and O–H groups in total. The number of carbonyl (C=O) groups is 1. The number of pyridine rings is 1. The third-order valence-corrected chi connectivity index (χ3v) is 1.99. The highest BCUT2D eigenvalue weighted by molar-refractivity contribution is 6.41. The first-order valence-electron chi connectivity index (χ1n) is 3.19. The first kappa shape index (κ1) is 9.45. The average Bonchev–Trinajstić information content (AvgIpc) is 2.08. The predicted octanol–water partition coefficient (Wildman–Crippen LogP) is 1.53. The molecule has 1 aromatic heterocycles. The van der Waals surface area contributed by atoms with Crippen LogP contribution >= 0.6 is 23.2 Å². The lowest BCUT2D eigenvalue weighted by Gasteiger charge is -1.98. The number of ketones is 1. The Balaban J connectivity index is 3.05. The van der Waals surface area contributed by atoms with E-state index in [2.05, 4.69) is 4.98 Å². The van der Waals surface area contributed by atoms with Crippen molar-refractivity contribution in [2.24, 2.45) is 5.73 Å². The van der Waals surface area contributed by atoms with Gasteiger partial charge in [0.1, 0.15) is 5.15 Å². The van der Waals surface area contributed by atoms with Gasteiger partial charge >= 0.3 is 0 Å². The second-order valence-electron chi connectivity index (χ2n) is 2.12. The highest BCUT2D eigenvalue weighted by atomic mass is 35.5. The zero-order valence-corrected chi connectivity index (χ0v) is 7.56. The summed E-state index contributed by atoms with van der Waals surface area (Å²) >= 11 is 11.2. The maximum atomic E-state index is 11.0. The molecule has 5 heteroatoms. The van der Waals surface area contributed by atoms with Crippen LogP contribution in [-0.4, -0.2) is 17.3 Å². The minimum absolute atomic E-state index is 0.0559. The van der Waals surface area contributed by atoms with E-state index in [0.717, 1.165) is 0 Å². The van der Waals surface area contributed by atoms with Gasteiger partial charge in [-0.05, 0) is 6.07 Å². The molecule has 0 aliphatic rings. The standard InChI is InChI=1S/C7H6Cl2N2O/c8-5-1-4(6(12)2-10)3-11-7(5)9/h1,3H,2,10H2. The number of Topliss-reactive ketones (excluding diaryl/α,β-unsaturated/α-hetero) is 1. The van der Waals surface area contributed by atoms with Crippen molar-refractivity contribution in [3.63, 3.8) is 0 Å². The van der Waals surface area contributed by atoms with Crippen LogP contribution in [0.5, 0.6) is 0 Å². The van der Waals surface area contributed by atoms with Gasteiger partial charge in [-0.1, -0.05) is 23.2 Å². The molecule has 12 heavy (non-hydrogen) atoms. The van der Waals surface area contributed by atoms with Gasteiger partial charge in [-0.25, -0.2) is 4.98 Å². The number of hydrogen-bond acceptors (Lipinski definition) is 3. The molecule has 0 aliphatic carbocycles. The van der Waals surface area contributed by atoms with Crippen molar-refractivity contribution in [1.29, 1.82) is 0 Å². The van der Waals surface area contributed by atoms with Crippen molar-refractivity contribution >= 4 is 29.0 Å². The molecule has 0 aromatic carbocycles. The second kappa shape index (κ2) is 3.85. The fraction of sp³-hybridized carbons (Fsp3) is 0.143. The van der Waals surface area contributed by atoms with Crippen LogP contribution in [-0.2, 0) is 0 Å². The van der Waals surface area contributed by atoms with Crippen LogP contribution in [0.15, 0.2) is 12.3 Å². The molecule has 0 radical (unpaired) electrons. The molecule has 1 aromatic rings. The Hall–Kier alpha value is -0.640. The first-order valence-corrected chi connectivity index (χ1v) is 3.95. The van der Waals surface area contributed by atoms with E-state index in [1.807, 2.05) is 0 Å². The molecule has 3 nitrogen and oxygen atoms in total. The minimum atomic E-state index is -0.207. The van der Waals surface area contributed by atoms with Crippen molar-refractivity contribution in [2.75, 3.05) is 6.54 Å². The summed E-state index contributed by atoms with van der Waals surface area (Å²) in [5.74, 6) is -0.207. The SMILES string of the molecule is NCC(=O)c1cnc(Cl)c(Cl)c1. The lowest BCUT2D eigenvalue weighted by atomic mass is 10.2. The van der Waals surface area contributed by atoms with Gasteiger partial charge in [0.2, 0.25) is 0 Å². The summed E-state index contributed by atoms with van der Waals surface area (Å²) in [5.41, 5.74) is 5.52. The minimum Gasteiger partial charge on any atom is -0.324 e. The monoisotopic (exact) mass is 204 g/mol. The zero-order chi connectivity index (χ0) is 9.14. The van der Waals surface area contributed by atoms with Crippen LogP contribution in [0.25, 0.3) is 0 Å². The molecule has 0 spiro atoms. The van der Waals surface area contributed by atoms with E-state index in [9.17, 15) is 4.79 Å². The molecule has 64 valence electrons. The molecule has 0 amide bonds. The van der Waals surface area contributed by atoms with Crippen LogP contribution < -0.4 is 5.73 Å². The third-order valence-electron chi connectivity index (χ3n) is 1.30. The van der Waals surface area contributed by atoms with Gasteiger partial charge in [-0.2, -0.15) is 0 Å². The molecule has 0 saturated heterocycles. The highest BCUT2D eigenvalue weighted by Gasteiger charge is 2.06. The first-order chi connectivity index (χ1) is 5.65. The molecule has 0 bridgehead atoms. The number of nitrogens with zero attached hydrogens (tertiary/aromatic N) is 1. The number of halogens is 2. The van der Waals surface area contributed by atoms with E-state index in [1.165, 1.54) is 12.3 Å². The molecule has 0 saturated carbocycles. The number of aromatic nitrogens is 1. The van der Waals surface area contributed by atoms with E-state index in [-0.39, 0.29) is 22.5 Å². The fourth-order valence-corrected chi connectivity index (χ4v) is 0.961. The molecular formula is C7H6Cl2N2O. The Morgan fingerprint density at radius 3 is 2.75 bits per heavy atom. The van der Waals surface area contributed by atoms with E-state index in [1.54, 1.807) is 0 Å². The van der Waals surface area contributed by atoms with Crippen molar-refractivity contribution in [1.82, 2.24) is 4.98 Å². The molecule has 0 atom stereocenters. The summed E-state index contributed by atoms with van der Waals surface area (Å²) in [7, 11) is 0. The van der Waals surface area contributed by atoms with Gasteiger partial charge in [0, 0.05) is 11.8 Å². The van der Waals surface area contributed by atoms with E-state index < -0.39 is 0 Å². The maximum Gasteiger partial charge on any atom is 0.177 e. The molecule has 0 unspecified atom stereocenters. The third kappa shape index (κ3) is 1.94. The Labute approximate surface area is 79.5 Å². The maximum absolute atomic E-state index is 11.0. The second-order valence-corrected chi connectivity index (χ2v) is 2.89. The fourth-order valence-electron chi connectivity index (χ4n) is 0.692. The Morgan fingerprint density at radius 1 is 1.58 bits per heavy atom. The quantitative estimate of drug-likeness (QED) is 0.588. The number of nitrogens with two attached hydrogens (primary N) is 1. The molecule has 0 aliphatic heterocycles. The predicted molar refractivity (Wildman–Crippen MR) is 47.6 cm³/mol. The Kier molecular flexibility index (Phi) is 3.03. The number of carbonyl (C=O) groups excluding carboxylic acids is 1. The van der Waals surface area contributed by atoms with E-state index >= 15 is 0 Å². The number of rotatable bonds is 2. The van der Waals surface area contributed by atoms with Crippen molar-refractivity contribution in [3.05, 3.63) is 28.0 Å². The van der Waals surface area contributed by atoms with Gasteiger partial charge in [-0.3, -0.25) is 4.79 Å². The topological polar surface area (TPSA) is 56.0 Å². The normalized spacial score (nSPS) is 9.92. The van der Waals surface area contributed by atoms with Crippen LogP contribution in [0.2, 0.25) is 10.2 Å². The largest absolute Gasteiger partial charge is 0.324 e. The van der Waals surface area contributed by atoms with Crippen molar-refractivity contribution in [3.8, 4) is 0 Å². The van der Waals surface area contributed by atoms with Gasteiger partial charge in [0.15, 0.2) is 5.78 Å². The van der Waals surface area contributed by atoms with Gasteiger partial charge in [-0.15, -0.1) is 0 Å². The summed E-state index contributed by atoms with van der Waals surface area (Å²) in [5, 5.41) is 0.446. The number of hydrogen-bond donors (Lipinski definition) is 1. The smallest absolute Gasteiger partial charge is 0.177 e. The summed E-state index contributed by atoms with van der Waals surface area (Å²) in [6.45, 7) is -0.0559. The van der Waals surface area contributed by atoms with Gasteiger partial charge < -0.3 is 5.73 Å². The lowest BCUT2D eigenvalue weighted by Crippen LogP contribution is -2.13. The van der Waals surface area contributed by atoms with E-state index in [0.29, 0.717) is 5.56 Å².